The molecule has 160 valence electrons. The molecule has 0 saturated carbocycles. The number of nitrogens with zero attached hydrogens (tertiary/aromatic N) is 3. The lowest BCUT2D eigenvalue weighted by molar-refractivity contribution is -0.136. The van der Waals surface area contributed by atoms with E-state index >= 15 is 0 Å². The number of nitrogens with one attached hydrogen (secondary N) is 1. The fraction of sp³-hybridized carbons (Fsp3) is 0.545. The summed E-state index contributed by atoms with van der Waals surface area (Å²) in [6, 6.07) is 3.61. The lowest BCUT2D eigenvalue weighted by atomic mass is 10.0. The van der Waals surface area contributed by atoms with Crippen molar-refractivity contribution in [1.29, 1.82) is 0 Å². The summed E-state index contributed by atoms with van der Waals surface area (Å²) in [5, 5.41) is 0. The molecule has 2 amide bonds. The maximum atomic E-state index is 12.9. The van der Waals surface area contributed by atoms with E-state index in [1.54, 1.807) is 4.90 Å². The summed E-state index contributed by atoms with van der Waals surface area (Å²) >= 11 is 1.47. The number of aromatic amines is 1. The molecule has 1 fully saturated rings. The number of carbonyl (C=O) groups is 2. The molecule has 1 saturated heterocycles. The summed E-state index contributed by atoms with van der Waals surface area (Å²) in [6.45, 7) is 7.45. The zero-order valence-corrected chi connectivity index (χ0v) is 18.6. The molecule has 2 aromatic heterocycles. The first-order valence-electron chi connectivity index (χ1n) is 10.7. The van der Waals surface area contributed by atoms with Crippen LogP contribution in [-0.4, -0.2) is 44.7 Å². The number of aryl methyl sites for hydroxylation is 1. The summed E-state index contributed by atoms with van der Waals surface area (Å²) < 4.78 is 0. The number of fused-ring (bicyclic) bond motifs is 1. The van der Waals surface area contributed by atoms with Crippen molar-refractivity contribution in [2.75, 3.05) is 13.1 Å². The quantitative estimate of drug-likeness (QED) is 0.811. The van der Waals surface area contributed by atoms with Gasteiger partial charge >= 0.3 is 0 Å². The number of aromatic nitrogens is 2. The first-order valence-corrected chi connectivity index (χ1v) is 11.5. The third kappa shape index (κ3) is 3.80. The Morgan fingerprint density at radius 3 is 2.83 bits per heavy atom. The predicted octanol–water partition coefficient (Wildman–Crippen LogP) is 3.05. The van der Waals surface area contributed by atoms with Crippen LogP contribution in [0.15, 0.2) is 16.9 Å². The number of hydrogen-bond donors (Lipinski definition) is 1. The van der Waals surface area contributed by atoms with Gasteiger partial charge in [-0.2, -0.15) is 0 Å². The maximum absolute atomic E-state index is 12.9. The molecule has 0 spiro atoms. The van der Waals surface area contributed by atoms with Gasteiger partial charge in [-0.1, -0.05) is 13.8 Å². The third-order valence-corrected chi connectivity index (χ3v) is 7.20. The molecule has 2 aliphatic rings. The topological polar surface area (TPSA) is 86.4 Å². The largest absolute Gasteiger partial charge is 0.333 e. The van der Waals surface area contributed by atoms with E-state index in [4.69, 9.17) is 4.98 Å². The third-order valence-electron chi connectivity index (χ3n) is 6.21. The molecule has 0 aliphatic carbocycles. The highest BCUT2D eigenvalue weighted by atomic mass is 32.1. The molecule has 1 N–H and O–H groups in total. The highest BCUT2D eigenvalue weighted by Gasteiger charge is 2.35. The molecule has 2 aliphatic heterocycles. The Morgan fingerprint density at radius 1 is 1.33 bits per heavy atom. The van der Waals surface area contributed by atoms with Crippen molar-refractivity contribution in [3.63, 3.8) is 0 Å². The molecule has 2 aromatic rings. The van der Waals surface area contributed by atoms with Gasteiger partial charge in [-0.3, -0.25) is 14.4 Å². The zero-order chi connectivity index (χ0) is 21.4. The average molecular weight is 429 g/mol. The molecule has 8 heteroatoms. The van der Waals surface area contributed by atoms with Crippen molar-refractivity contribution >= 4 is 23.2 Å². The molecule has 7 nitrogen and oxygen atoms in total. The monoisotopic (exact) mass is 428 g/mol. The first kappa shape index (κ1) is 20.8. The summed E-state index contributed by atoms with van der Waals surface area (Å²) in [5.41, 5.74) is 1.12. The highest BCUT2D eigenvalue weighted by molar-refractivity contribution is 7.13. The van der Waals surface area contributed by atoms with E-state index in [1.165, 1.54) is 11.3 Å². The summed E-state index contributed by atoms with van der Waals surface area (Å²) in [7, 11) is 0. The Hall–Kier alpha value is -2.48. The lowest BCUT2D eigenvalue weighted by Gasteiger charge is -2.30. The molecular formula is C22H28N4O3S. The minimum absolute atomic E-state index is 0.0320. The number of carbonyl (C=O) groups excluding carboxylic acids is 2. The van der Waals surface area contributed by atoms with E-state index in [1.807, 2.05) is 37.8 Å². The molecule has 30 heavy (non-hydrogen) atoms. The SMILES string of the molecule is CC[C@H](C)C(=O)N1CCC[C@H]1c1nc2c(c(=O)[nH]1)CN(C(=O)c1ccc(C)s1)CC2. The Kier molecular flexibility index (Phi) is 5.77. The van der Waals surface area contributed by atoms with E-state index in [-0.39, 0.29) is 35.9 Å². The standard InChI is InChI=1S/C22H28N4O3S/c1-4-13(2)21(28)26-10-5-6-17(26)19-23-16-9-11-25(12-15(16)20(27)24-19)22(29)18-8-7-14(3)30-18/h7-8,13,17H,4-6,9-12H2,1-3H3,(H,23,24,27)/t13-,17-/m0/s1. The van der Waals surface area contributed by atoms with Gasteiger partial charge in [0.2, 0.25) is 5.91 Å². The van der Waals surface area contributed by atoms with E-state index < -0.39 is 0 Å². The molecule has 0 radical (unpaired) electrons. The molecule has 0 bridgehead atoms. The van der Waals surface area contributed by atoms with Crippen LogP contribution < -0.4 is 5.56 Å². The van der Waals surface area contributed by atoms with Crippen molar-refractivity contribution < 1.29 is 9.59 Å². The molecular weight excluding hydrogens is 400 g/mol. The van der Waals surface area contributed by atoms with Crippen LogP contribution in [0.1, 0.15) is 70.8 Å². The molecule has 4 heterocycles. The van der Waals surface area contributed by atoms with Gasteiger partial charge in [0.25, 0.3) is 11.5 Å². The average Bonchev–Trinajstić information content (AvgIpc) is 3.41. The fourth-order valence-electron chi connectivity index (χ4n) is 4.25. The predicted molar refractivity (Wildman–Crippen MR) is 116 cm³/mol. The van der Waals surface area contributed by atoms with Gasteiger partial charge in [0.1, 0.15) is 5.82 Å². The number of rotatable bonds is 4. The second-order valence-corrected chi connectivity index (χ2v) is 9.55. The molecule has 0 unspecified atom stereocenters. The number of H-pyrrole nitrogens is 1. The van der Waals surface area contributed by atoms with Gasteiger partial charge in [-0.25, -0.2) is 4.98 Å². The fourth-order valence-corrected chi connectivity index (χ4v) is 5.09. The van der Waals surface area contributed by atoms with Crippen LogP contribution in [0.2, 0.25) is 0 Å². The Balaban J connectivity index is 1.57. The highest BCUT2D eigenvalue weighted by Crippen LogP contribution is 2.32. The normalized spacial score (nSPS) is 19.6. The lowest BCUT2D eigenvalue weighted by Crippen LogP contribution is -2.41. The minimum atomic E-state index is -0.197. The second kappa shape index (κ2) is 8.34. The smallest absolute Gasteiger partial charge is 0.264 e. The number of hydrogen-bond acceptors (Lipinski definition) is 5. The minimum Gasteiger partial charge on any atom is -0.333 e. The van der Waals surface area contributed by atoms with Crippen molar-refractivity contribution in [3.8, 4) is 0 Å². The van der Waals surface area contributed by atoms with Crippen LogP contribution in [0.3, 0.4) is 0 Å². The van der Waals surface area contributed by atoms with Crippen LogP contribution in [0, 0.1) is 12.8 Å². The number of amides is 2. The van der Waals surface area contributed by atoms with Crippen LogP contribution in [-0.2, 0) is 17.8 Å². The molecule has 4 rings (SSSR count). The van der Waals surface area contributed by atoms with Gasteiger partial charge in [-0.15, -0.1) is 11.3 Å². The second-order valence-electron chi connectivity index (χ2n) is 8.26. The summed E-state index contributed by atoms with van der Waals surface area (Å²) in [4.78, 5) is 51.5. The maximum Gasteiger partial charge on any atom is 0.264 e. The van der Waals surface area contributed by atoms with E-state index in [9.17, 15) is 14.4 Å². The Morgan fingerprint density at radius 2 is 2.13 bits per heavy atom. The van der Waals surface area contributed by atoms with E-state index in [0.29, 0.717) is 35.8 Å². The Labute approximate surface area is 180 Å². The van der Waals surface area contributed by atoms with Crippen molar-refractivity contribution in [2.45, 2.75) is 59.0 Å². The first-order chi connectivity index (χ1) is 14.4. The van der Waals surface area contributed by atoms with Gasteiger partial charge in [0.15, 0.2) is 0 Å². The van der Waals surface area contributed by atoms with Crippen molar-refractivity contribution in [1.82, 2.24) is 19.8 Å². The summed E-state index contributed by atoms with van der Waals surface area (Å²) in [6.07, 6.45) is 3.07. The molecule has 2 atom stereocenters. The zero-order valence-electron chi connectivity index (χ0n) is 17.7. The van der Waals surface area contributed by atoms with E-state index in [2.05, 4.69) is 4.98 Å². The van der Waals surface area contributed by atoms with E-state index in [0.717, 1.165) is 29.8 Å². The van der Waals surface area contributed by atoms with Crippen LogP contribution in [0.25, 0.3) is 0 Å². The van der Waals surface area contributed by atoms with Crippen LogP contribution in [0.5, 0.6) is 0 Å². The van der Waals surface area contributed by atoms with Crippen molar-refractivity contribution in [2.24, 2.45) is 5.92 Å². The summed E-state index contributed by atoms with van der Waals surface area (Å²) in [5.74, 6) is 0.642. The Bertz CT molecular complexity index is 1030. The van der Waals surface area contributed by atoms with Gasteiger partial charge in [0, 0.05) is 30.3 Å². The van der Waals surface area contributed by atoms with Gasteiger partial charge < -0.3 is 14.8 Å². The van der Waals surface area contributed by atoms with Crippen LogP contribution in [0.4, 0.5) is 0 Å². The van der Waals surface area contributed by atoms with Crippen LogP contribution >= 0.6 is 11.3 Å². The number of likely N-dealkylation sites (tertiary alicyclic amines) is 1. The number of thiophene rings is 1. The van der Waals surface area contributed by atoms with Gasteiger partial charge in [-0.05, 0) is 38.3 Å². The van der Waals surface area contributed by atoms with Gasteiger partial charge in [0.05, 0.1) is 28.7 Å². The molecule has 0 aromatic carbocycles. The van der Waals surface area contributed by atoms with Crippen molar-refractivity contribution in [3.05, 3.63) is 49.3 Å².